The summed E-state index contributed by atoms with van der Waals surface area (Å²) in [7, 11) is 0. The van der Waals surface area contributed by atoms with Crippen molar-refractivity contribution in [2.24, 2.45) is 11.8 Å². The van der Waals surface area contributed by atoms with Crippen LogP contribution in [0.3, 0.4) is 0 Å². The van der Waals surface area contributed by atoms with Gasteiger partial charge in [-0.25, -0.2) is 0 Å². The Bertz CT molecular complexity index is 269. The van der Waals surface area contributed by atoms with Crippen LogP contribution in [0.25, 0.3) is 0 Å². The minimum atomic E-state index is 0.0747. The van der Waals surface area contributed by atoms with E-state index < -0.39 is 0 Å². The summed E-state index contributed by atoms with van der Waals surface area (Å²) in [5.74, 6) is 1.76. The van der Waals surface area contributed by atoms with Gasteiger partial charge in [0.15, 0.2) is 0 Å². The molecule has 0 aromatic rings. The standard InChI is InChI=1S/C13H22BrNO/c1-9-5-3-7-12(10(9)2)15-8-4-6-11(14)13(15)16/h9-12H,3-8H2,1-2H3. The van der Waals surface area contributed by atoms with Gasteiger partial charge in [0.05, 0.1) is 4.83 Å². The molecule has 4 unspecified atom stereocenters. The summed E-state index contributed by atoms with van der Waals surface area (Å²) in [4.78, 5) is 14.4. The van der Waals surface area contributed by atoms with Gasteiger partial charge in [0, 0.05) is 12.6 Å². The number of rotatable bonds is 1. The lowest BCUT2D eigenvalue weighted by molar-refractivity contribution is -0.137. The maximum atomic E-state index is 12.2. The number of carbonyl (C=O) groups excluding carboxylic acids is 1. The molecule has 0 N–H and O–H groups in total. The van der Waals surface area contributed by atoms with Crippen LogP contribution in [0.15, 0.2) is 0 Å². The zero-order chi connectivity index (χ0) is 11.7. The van der Waals surface area contributed by atoms with Crippen LogP contribution in [0.4, 0.5) is 0 Å². The zero-order valence-corrected chi connectivity index (χ0v) is 11.9. The van der Waals surface area contributed by atoms with Crippen molar-refractivity contribution in [1.29, 1.82) is 0 Å². The molecule has 0 aromatic heterocycles. The summed E-state index contributed by atoms with van der Waals surface area (Å²) in [6.07, 6.45) is 5.98. The third-order valence-corrected chi connectivity index (χ3v) is 5.32. The fraction of sp³-hybridized carbons (Fsp3) is 0.923. The molecule has 16 heavy (non-hydrogen) atoms. The molecule has 4 atom stereocenters. The molecule has 1 saturated heterocycles. The van der Waals surface area contributed by atoms with Crippen molar-refractivity contribution in [3.8, 4) is 0 Å². The van der Waals surface area contributed by atoms with Gasteiger partial charge in [0.1, 0.15) is 0 Å². The fourth-order valence-corrected chi connectivity index (χ4v) is 3.76. The van der Waals surface area contributed by atoms with Gasteiger partial charge in [0.2, 0.25) is 5.91 Å². The molecule has 2 nitrogen and oxygen atoms in total. The second-order valence-corrected chi connectivity index (χ2v) is 6.58. The second-order valence-electron chi connectivity index (χ2n) is 5.48. The van der Waals surface area contributed by atoms with E-state index >= 15 is 0 Å². The van der Waals surface area contributed by atoms with Crippen LogP contribution < -0.4 is 0 Å². The molecular weight excluding hydrogens is 266 g/mol. The molecule has 1 amide bonds. The molecule has 1 saturated carbocycles. The summed E-state index contributed by atoms with van der Waals surface area (Å²) >= 11 is 3.50. The first-order valence-corrected chi connectivity index (χ1v) is 7.47. The normalized spacial score (nSPS) is 41.2. The molecule has 3 heteroatoms. The van der Waals surface area contributed by atoms with Gasteiger partial charge in [0.25, 0.3) is 0 Å². The number of amides is 1. The molecule has 92 valence electrons. The van der Waals surface area contributed by atoms with Gasteiger partial charge in [-0.2, -0.15) is 0 Å². The van der Waals surface area contributed by atoms with Crippen LogP contribution in [-0.4, -0.2) is 28.2 Å². The molecule has 1 aliphatic carbocycles. The first kappa shape index (κ1) is 12.4. The number of hydrogen-bond acceptors (Lipinski definition) is 1. The van der Waals surface area contributed by atoms with Crippen LogP contribution in [0.5, 0.6) is 0 Å². The smallest absolute Gasteiger partial charge is 0.236 e. The van der Waals surface area contributed by atoms with Gasteiger partial charge < -0.3 is 4.90 Å². The lowest BCUT2D eigenvalue weighted by Gasteiger charge is -2.44. The Morgan fingerprint density at radius 3 is 2.69 bits per heavy atom. The lowest BCUT2D eigenvalue weighted by atomic mass is 9.77. The number of piperidine rings is 1. The highest BCUT2D eigenvalue weighted by atomic mass is 79.9. The highest BCUT2D eigenvalue weighted by Gasteiger charge is 2.37. The number of halogens is 1. The fourth-order valence-electron chi connectivity index (χ4n) is 3.18. The maximum Gasteiger partial charge on any atom is 0.236 e. The van der Waals surface area contributed by atoms with E-state index in [-0.39, 0.29) is 4.83 Å². The van der Waals surface area contributed by atoms with E-state index in [4.69, 9.17) is 0 Å². The molecular formula is C13H22BrNO. The Balaban J connectivity index is 2.07. The molecule has 0 spiro atoms. The van der Waals surface area contributed by atoms with Gasteiger partial charge in [-0.3, -0.25) is 4.79 Å². The number of nitrogens with zero attached hydrogens (tertiary/aromatic N) is 1. The van der Waals surface area contributed by atoms with Crippen molar-refractivity contribution in [3.63, 3.8) is 0 Å². The highest BCUT2D eigenvalue weighted by Crippen LogP contribution is 2.35. The molecule has 2 rings (SSSR count). The summed E-state index contributed by atoms with van der Waals surface area (Å²) in [6, 6.07) is 0.497. The topological polar surface area (TPSA) is 20.3 Å². The maximum absolute atomic E-state index is 12.2. The Labute approximate surface area is 107 Å². The van der Waals surface area contributed by atoms with Crippen LogP contribution in [0, 0.1) is 11.8 Å². The van der Waals surface area contributed by atoms with E-state index in [1.54, 1.807) is 0 Å². The average Bonchev–Trinajstić information content (AvgIpc) is 2.27. The van der Waals surface area contributed by atoms with E-state index in [9.17, 15) is 4.79 Å². The average molecular weight is 288 g/mol. The van der Waals surface area contributed by atoms with Crippen LogP contribution in [0.2, 0.25) is 0 Å². The number of likely N-dealkylation sites (tertiary alicyclic amines) is 1. The third kappa shape index (κ3) is 2.29. The predicted molar refractivity (Wildman–Crippen MR) is 69.6 cm³/mol. The Hall–Kier alpha value is -0.0500. The lowest BCUT2D eigenvalue weighted by Crippen LogP contribution is -2.52. The molecule has 0 bridgehead atoms. The Morgan fingerprint density at radius 2 is 1.94 bits per heavy atom. The van der Waals surface area contributed by atoms with Crippen molar-refractivity contribution in [3.05, 3.63) is 0 Å². The van der Waals surface area contributed by atoms with Crippen molar-refractivity contribution in [1.82, 2.24) is 4.90 Å². The molecule has 1 heterocycles. The SMILES string of the molecule is CC1CCCC(N2CCCC(Br)C2=O)C1C. The first-order chi connectivity index (χ1) is 7.61. The monoisotopic (exact) mass is 287 g/mol. The van der Waals surface area contributed by atoms with Gasteiger partial charge in [-0.05, 0) is 31.1 Å². The molecule has 1 aliphatic heterocycles. The second kappa shape index (κ2) is 5.07. The molecule has 0 radical (unpaired) electrons. The Kier molecular flexibility index (Phi) is 3.93. The third-order valence-electron chi connectivity index (χ3n) is 4.47. The van der Waals surface area contributed by atoms with E-state index in [1.165, 1.54) is 19.3 Å². The zero-order valence-electron chi connectivity index (χ0n) is 10.3. The predicted octanol–water partition coefficient (Wildman–Crippen LogP) is 3.20. The number of alkyl halides is 1. The largest absolute Gasteiger partial charge is 0.338 e. The molecule has 2 fully saturated rings. The number of carbonyl (C=O) groups is 1. The number of hydrogen-bond donors (Lipinski definition) is 0. The molecule has 0 aromatic carbocycles. The van der Waals surface area contributed by atoms with Gasteiger partial charge in [-0.15, -0.1) is 0 Å². The van der Waals surface area contributed by atoms with Crippen molar-refractivity contribution in [2.75, 3.05) is 6.54 Å². The van der Waals surface area contributed by atoms with Crippen LogP contribution >= 0.6 is 15.9 Å². The van der Waals surface area contributed by atoms with Crippen LogP contribution in [0.1, 0.15) is 46.0 Å². The van der Waals surface area contributed by atoms with E-state index in [0.29, 0.717) is 17.9 Å². The van der Waals surface area contributed by atoms with E-state index in [0.717, 1.165) is 25.3 Å². The summed E-state index contributed by atoms with van der Waals surface area (Å²) in [5.41, 5.74) is 0. The van der Waals surface area contributed by atoms with Gasteiger partial charge in [-0.1, -0.05) is 42.6 Å². The minimum Gasteiger partial charge on any atom is -0.338 e. The van der Waals surface area contributed by atoms with Crippen molar-refractivity contribution >= 4 is 21.8 Å². The van der Waals surface area contributed by atoms with Gasteiger partial charge >= 0.3 is 0 Å². The first-order valence-electron chi connectivity index (χ1n) is 6.56. The van der Waals surface area contributed by atoms with E-state index in [2.05, 4.69) is 34.7 Å². The summed E-state index contributed by atoms with van der Waals surface area (Å²) in [5, 5.41) is 0. The quantitative estimate of drug-likeness (QED) is 0.679. The Morgan fingerprint density at radius 1 is 1.19 bits per heavy atom. The minimum absolute atomic E-state index is 0.0747. The van der Waals surface area contributed by atoms with E-state index in [1.807, 2.05) is 0 Å². The van der Waals surface area contributed by atoms with Crippen LogP contribution in [-0.2, 0) is 4.79 Å². The highest BCUT2D eigenvalue weighted by molar-refractivity contribution is 9.10. The summed E-state index contributed by atoms with van der Waals surface area (Å²) in [6.45, 7) is 5.62. The summed E-state index contributed by atoms with van der Waals surface area (Å²) < 4.78 is 0. The van der Waals surface area contributed by atoms with Crippen molar-refractivity contribution < 1.29 is 4.79 Å². The van der Waals surface area contributed by atoms with Crippen molar-refractivity contribution in [2.45, 2.75) is 56.8 Å². The molecule has 2 aliphatic rings.